The Morgan fingerprint density at radius 3 is 2.75 bits per heavy atom. The van der Waals surface area contributed by atoms with Gasteiger partial charge in [-0.05, 0) is 30.2 Å². The normalized spacial score (nSPS) is 10.8. The van der Waals surface area contributed by atoms with Gasteiger partial charge >= 0.3 is 0 Å². The first kappa shape index (κ1) is 18.4. The summed E-state index contributed by atoms with van der Waals surface area (Å²) in [6.07, 6.45) is 1.49. The van der Waals surface area contributed by atoms with Crippen LogP contribution >= 0.6 is 23.1 Å². The first-order valence-corrected chi connectivity index (χ1v) is 10.5. The highest BCUT2D eigenvalue weighted by molar-refractivity contribution is 7.98. The van der Waals surface area contributed by atoms with Crippen molar-refractivity contribution < 1.29 is 4.79 Å². The fourth-order valence-electron chi connectivity index (χ4n) is 2.65. The molecule has 1 amide bonds. The Labute approximate surface area is 170 Å². The number of anilines is 1. The number of rotatable bonds is 6. The number of nitrogens with zero attached hydrogens (tertiary/aromatic N) is 3. The van der Waals surface area contributed by atoms with E-state index in [9.17, 15) is 4.79 Å². The van der Waals surface area contributed by atoms with Gasteiger partial charge in [-0.2, -0.15) is 5.10 Å². The third-order valence-electron chi connectivity index (χ3n) is 4.13. The molecule has 0 aliphatic heterocycles. The fourth-order valence-corrected chi connectivity index (χ4v) is 4.09. The molecule has 0 unspecified atom stereocenters. The molecule has 2 aromatic heterocycles. The van der Waals surface area contributed by atoms with Crippen molar-refractivity contribution in [3.05, 3.63) is 76.9 Å². The molecular formula is C20H17N5OS2. The number of thiazole rings is 1. The average molecular weight is 408 g/mol. The summed E-state index contributed by atoms with van der Waals surface area (Å²) in [5, 5.41) is 12.8. The van der Waals surface area contributed by atoms with Gasteiger partial charge in [-0.25, -0.2) is 9.97 Å². The van der Waals surface area contributed by atoms with E-state index in [-0.39, 0.29) is 5.91 Å². The molecule has 0 radical (unpaired) electrons. The van der Waals surface area contributed by atoms with Crippen molar-refractivity contribution in [1.29, 1.82) is 0 Å². The predicted molar refractivity (Wildman–Crippen MR) is 113 cm³/mol. The number of thioether (sulfide) groups is 1. The molecule has 0 saturated heterocycles. The number of aryl methyl sites for hydroxylation is 1. The Hall–Kier alpha value is -2.97. The van der Waals surface area contributed by atoms with Gasteiger partial charge in [-0.15, -0.1) is 11.3 Å². The summed E-state index contributed by atoms with van der Waals surface area (Å²) in [5.74, 6) is 0.587. The number of hydrogen-bond donors (Lipinski definition) is 2. The lowest BCUT2D eigenvalue weighted by atomic mass is 10.1. The van der Waals surface area contributed by atoms with E-state index in [1.165, 1.54) is 17.7 Å². The zero-order valence-corrected chi connectivity index (χ0v) is 16.7. The molecule has 0 spiro atoms. The molecule has 6 nitrogen and oxygen atoms in total. The molecular weight excluding hydrogens is 390 g/mol. The van der Waals surface area contributed by atoms with Crippen LogP contribution in [0.15, 0.2) is 65.4 Å². The van der Waals surface area contributed by atoms with Crippen molar-refractivity contribution in [3.8, 4) is 11.3 Å². The van der Waals surface area contributed by atoms with Crippen LogP contribution in [0.2, 0.25) is 0 Å². The second-order valence-electron chi connectivity index (χ2n) is 6.08. The highest BCUT2D eigenvalue weighted by atomic mass is 32.2. The van der Waals surface area contributed by atoms with Gasteiger partial charge < -0.3 is 0 Å². The molecule has 2 heterocycles. The third-order valence-corrected chi connectivity index (χ3v) is 5.84. The Balaban J connectivity index is 1.39. The van der Waals surface area contributed by atoms with Crippen LogP contribution in [0.25, 0.3) is 11.3 Å². The minimum Gasteiger partial charge on any atom is -0.298 e. The summed E-state index contributed by atoms with van der Waals surface area (Å²) in [6.45, 7) is 2.05. The number of amides is 1. The largest absolute Gasteiger partial charge is 0.298 e. The van der Waals surface area contributed by atoms with Crippen LogP contribution in [0.3, 0.4) is 0 Å². The van der Waals surface area contributed by atoms with E-state index < -0.39 is 0 Å². The number of aromatic nitrogens is 4. The molecule has 0 fully saturated rings. The molecule has 4 aromatic rings. The summed E-state index contributed by atoms with van der Waals surface area (Å²) in [5.41, 5.74) is 4.81. The van der Waals surface area contributed by atoms with Crippen molar-refractivity contribution in [3.63, 3.8) is 0 Å². The summed E-state index contributed by atoms with van der Waals surface area (Å²) >= 11 is 2.98. The van der Waals surface area contributed by atoms with Crippen LogP contribution in [0, 0.1) is 6.92 Å². The molecule has 0 aliphatic rings. The molecule has 140 valence electrons. The molecule has 4 rings (SSSR count). The minimum absolute atomic E-state index is 0.167. The summed E-state index contributed by atoms with van der Waals surface area (Å²) in [7, 11) is 0. The Morgan fingerprint density at radius 1 is 1.18 bits per heavy atom. The van der Waals surface area contributed by atoms with E-state index in [2.05, 4.69) is 38.5 Å². The predicted octanol–water partition coefficient (Wildman–Crippen LogP) is 4.78. The van der Waals surface area contributed by atoms with Crippen LogP contribution in [-0.4, -0.2) is 26.1 Å². The Kier molecular flexibility index (Phi) is 5.50. The lowest BCUT2D eigenvalue weighted by molar-refractivity contribution is 0.102. The lowest BCUT2D eigenvalue weighted by Gasteiger charge is -2.04. The second-order valence-corrected chi connectivity index (χ2v) is 7.91. The van der Waals surface area contributed by atoms with Gasteiger partial charge in [0.15, 0.2) is 10.3 Å². The summed E-state index contributed by atoms with van der Waals surface area (Å²) in [4.78, 5) is 21.1. The zero-order chi connectivity index (χ0) is 19.3. The van der Waals surface area contributed by atoms with Gasteiger partial charge in [0.05, 0.1) is 5.69 Å². The number of carbonyl (C=O) groups is 1. The van der Waals surface area contributed by atoms with Gasteiger partial charge in [-0.1, -0.05) is 48.2 Å². The molecule has 0 atom stereocenters. The van der Waals surface area contributed by atoms with E-state index in [4.69, 9.17) is 0 Å². The Morgan fingerprint density at radius 2 is 2.00 bits per heavy atom. The minimum atomic E-state index is -0.167. The first-order valence-electron chi connectivity index (χ1n) is 8.59. The molecule has 2 N–H and O–H groups in total. The van der Waals surface area contributed by atoms with Crippen molar-refractivity contribution in [2.24, 2.45) is 0 Å². The number of aromatic amines is 1. The number of H-pyrrole nitrogens is 1. The quantitative estimate of drug-likeness (QED) is 0.449. The van der Waals surface area contributed by atoms with Gasteiger partial charge in [0.1, 0.15) is 6.33 Å². The average Bonchev–Trinajstić information content (AvgIpc) is 3.39. The van der Waals surface area contributed by atoms with E-state index in [0.717, 1.165) is 33.3 Å². The number of nitrogens with one attached hydrogen (secondary N) is 2. The standard InChI is InChI=1S/C20H17N5OS2/c1-13-4-2-3-5-16(13)17-11-28-20(23-17)24-18(26)15-8-6-14(7-9-15)10-27-19-21-12-22-25-19/h2-9,11-12H,10H2,1H3,(H,21,22,25)(H,23,24,26). The molecule has 2 aromatic carbocycles. The maximum atomic E-state index is 12.5. The lowest BCUT2D eigenvalue weighted by Crippen LogP contribution is -2.11. The van der Waals surface area contributed by atoms with Crippen molar-refractivity contribution >= 4 is 34.1 Å². The fraction of sp³-hybridized carbons (Fsp3) is 0.100. The molecule has 0 aliphatic carbocycles. The third kappa shape index (κ3) is 4.29. The maximum absolute atomic E-state index is 12.5. The highest BCUT2D eigenvalue weighted by Crippen LogP contribution is 2.27. The number of carbonyl (C=O) groups excluding carboxylic acids is 1. The molecule has 0 bridgehead atoms. The topological polar surface area (TPSA) is 83.6 Å². The molecule has 0 saturated carbocycles. The second kappa shape index (κ2) is 8.37. The van der Waals surface area contributed by atoms with Gasteiger partial charge in [0.2, 0.25) is 0 Å². The summed E-state index contributed by atoms with van der Waals surface area (Å²) in [6, 6.07) is 15.6. The Bertz CT molecular complexity index is 1070. The van der Waals surface area contributed by atoms with Crippen LogP contribution in [0.4, 0.5) is 5.13 Å². The van der Waals surface area contributed by atoms with E-state index >= 15 is 0 Å². The SMILES string of the molecule is Cc1ccccc1-c1csc(NC(=O)c2ccc(CSc3ncn[nH]3)cc2)n1. The van der Waals surface area contributed by atoms with Crippen LogP contribution in [0.5, 0.6) is 0 Å². The van der Waals surface area contributed by atoms with Gasteiger partial charge in [0.25, 0.3) is 5.91 Å². The van der Waals surface area contributed by atoms with Crippen molar-refractivity contribution in [1.82, 2.24) is 20.2 Å². The molecule has 28 heavy (non-hydrogen) atoms. The first-order chi connectivity index (χ1) is 13.7. The molecule has 8 heteroatoms. The zero-order valence-electron chi connectivity index (χ0n) is 15.0. The van der Waals surface area contributed by atoms with Gasteiger partial charge in [0, 0.05) is 22.3 Å². The smallest absolute Gasteiger partial charge is 0.257 e. The van der Waals surface area contributed by atoms with Crippen molar-refractivity contribution in [2.75, 3.05) is 5.32 Å². The van der Waals surface area contributed by atoms with Crippen LogP contribution in [0.1, 0.15) is 21.5 Å². The van der Waals surface area contributed by atoms with Crippen molar-refractivity contribution in [2.45, 2.75) is 17.8 Å². The van der Waals surface area contributed by atoms with E-state index in [0.29, 0.717) is 10.7 Å². The van der Waals surface area contributed by atoms with E-state index in [1.807, 2.05) is 47.8 Å². The van der Waals surface area contributed by atoms with E-state index in [1.54, 1.807) is 11.8 Å². The van der Waals surface area contributed by atoms with Crippen LogP contribution < -0.4 is 5.32 Å². The summed E-state index contributed by atoms with van der Waals surface area (Å²) < 4.78 is 0. The van der Waals surface area contributed by atoms with Gasteiger partial charge in [-0.3, -0.25) is 15.2 Å². The maximum Gasteiger partial charge on any atom is 0.257 e. The monoisotopic (exact) mass is 407 g/mol. The number of hydrogen-bond acceptors (Lipinski definition) is 6. The number of benzene rings is 2. The van der Waals surface area contributed by atoms with Crippen LogP contribution in [-0.2, 0) is 5.75 Å². The highest BCUT2D eigenvalue weighted by Gasteiger charge is 2.11.